The molecule has 0 fully saturated rings. The fourth-order valence-electron chi connectivity index (χ4n) is 2.51. The number of anilines is 1. The zero-order valence-electron chi connectivity index (χ0n) is 18.7. The van der Waals surface area contributed by atoms with Crippen LogP contribution in [0.25, 0.3) is 0 Å². The molecule has 9 nitrogen and oxygen atoms in total. The highest BCUT2D eigenvalue weighted by atomic mass is 35.5. The van der Waals surface area contributed by atoms with E-state index in [4.69, 9.17) is 21.1 Å². The Labute approximate surface area is 197 Å². The summed E-state index contributed by atoms with van der Waals surface area (Å²) in [4.78, 5) is 35.7. The normalized spacial score (nSPS) is 11.5. The van der Waals surface area contributed by atoms with Crippen LogP contribution in [0.2, 0.25) is 5.02 Å². The zero-order chi connectivity index (χ0) is 24.2. The molecule has 0 saturated carbocycles. The van der Waals surface area contributed by atoms with Crippen LogP contribution in [-0.4, -0.2) is 43.2 Å². The van der Waals surface area contributed by atoms with Crippen molar-refractivity contribution in [2.24, 2.45) is 5.10 Å². The molecule has 0 aliphatic carbocycles. The molecule has 2 aromatic carbocycles. The molecular weight excluding hydrogens is 448 g/mol. The first-order chi connectivity index (χ1) is 15.8. The Morgan fingerprint density at radius 1 is 1.06 bits per heavy atom. The molecule has 1 atom stereocenters. The van der Waals surface area contributed by atoms with Gasteiger partial charge in [-0.2, -0.15) is 5.10 Å². The van der Waals surface area contributed by atoms with Gasteiger partial charge in [-0.05, 0) is 62.2 Å². The van der Waals surface area contributed by atoms with Crippen molar-refractivity contribution < 1.29 is 23.9 Å². The summed E-state index contributed by atoms with van der Waals surface area (Å²) >= 11 is 5.91. The molecule has 0 aliphatic heterocycles. The Morgan fingerprint density at radius 3 is 2.55 bits per heavy atom. The Balaban J connectivity index is 1.95. The molecule has 33 heavy (non-hydrogen) atoms. The van der Waals surface area contributed by atoms with Gasteiger partial charge >= 0.3 is 11.8 Å². The minimum atomic E-state index is -0.859. The first-order valence-electron chi connectivity index (χ1n) is 10.4. The van der Waals surface area contributed by atoms with Gasteiger partial charge in [-0.3, -0.25) is 14.4 Å². The number of halogens is 1. The second kappa shape index (κ2) is 13.1. The second-order valence-corrected chi connectivity index (χ2v) is 7.40. The number of hydrazone groups is 1. The third-order valence-electron chi connectivity index (χ3n) is 4.31. The standard InChI is InChI=1S/C23H27ClN4O5/c1-4-15(3)26-22(30)23(31)28-25-13-16-9-10-19(20(11-16)32-5-2)33-14-21(29)27-18-8-6-7-17(24)12-18/h6-13,15H,4-5,14H2,1-3H3,(H,26,30)(H,27,29)(H,28,31)/b25-13-/t15-/m1/s1. The first kappa shape index (κ1) is 25.7. The summed E-state index contributed by atoms with van der Waals surface area (Å²) in [5.74, 6) is -1.20. The summed E-state index contributed by atoms with van der Waals surface area (Å²) < 4.78 is 11.2. The maximum Gasteiger partial charge on any atom is 0.329 e. The molecule has 0 unspecified atom stereocenters. The van der Waals surface area contributed by atoms with Crippen molar-refractivity contribution in [3.8, 4) is 11.5 Å². The Bertz CT molecular complexity index is 1010. The van der Waals surface area contributed by atoms with E-state index in [-0.39, 0.29) is 18.6 Å². The number of carbonyl (C=O) groups is 3. The highest BCUT2D eigenvalue weighted by Crippen LogP contribution is 2.28. The van der Waals surface area contributed by atoms with E-state index in [1.54, 1.807) is 49.4 Å². The summed E-state index contributed by atoms with van der Waals surface area (Å²) in [6.07, 6.45) is 2.08. The van der Waals surface area contributed by atoms with Gasteiger partial charge in [0.05, 0.1) is 12.8 Å². The van der Waals surface area contributed by atoms with Crippen molar-refractivity contribution in [3.63, 3.8) is 0 Å². The van der Waals surface area contributed by atoms with Gasteiger partial charge in [-0.15, -0.1) is 0 Å². The average Bonchev–Trinajstić information content (AvgIpc) is 2.78. The molecule has 2 aromatic rings. The molecule has 3 amide bonds. The number of nitrogens with zero attached hydrogens (tertiary/aromatic N) is 1. The second-order valence-electron chi connectivity index (χ2n) is 6.97. The molecule has 0 aromatic heterocycles. The van der Waals surface area contributed by atoms with E-state index < -0.39 is 11.8 Å². The van der Waals surface area contributed by atoms with E-state index >= 15 is 0 Å². The van der Waals surface area contributed by atoms with Crippen LogP contribution >= 0.6 is 11.6 Å². The van der Waals surface area contributed by atoms with Crippen LogP contribution in [0.5, 0.6) is 11.5 Å². The highest BCUT2D eigenvalue weighted by molar-refractivity contribution is 6.35. The molecule has 0 heterocycles. The lowest BCUT2D eigenvalue weighted by Crippen LogP contribution is -2.41. The van der Waals surface area contributed by atoms with Crippen molar-refractivity contribution in [2.45, 2.75) is 33.2 Å². The van der Waals surface area contributed by atoms with Crippen molar-refractivity contribution in [1.82, 2.24) is 10.7 Å². The molecular formula is C23H27ClN4O5. The third kappa shape index (κ3) is 8.82. The van der Waals surface area contributed by atoms with Gasteiger partial charge in [-0.1, -0.05) is 24.6 Å². The predicted molar refractivity (Wildman–Crippen MR) is 127 cm³/mol. The van der Waals surface area contributed by atoms with Gasteiger partial charge in [-0.25, -0.2) is 5.43 Å². The lowest BCUT2D eigenvalue weighted by molar-refractivity contribution is -0.139. The van der Waals surface area contributed by atoms with Crippen LogP contribution in [0.15, 0.2) is 47.6 Å². The van der Waals surface area contributed by atoms with E-state index in [0.717, 1.165) is 0 Å². The van der Waals surface area contributed by atoms with Gasteiger partial charge < -0.3 is 20.1 Å². The monoisotopic (exact) mass is 474 g/mol. The number of hydrogen-bond acceptors (Lipinski definition) is 6. The molecule has 2 rings (SSSR count). The lowest BCUT2D eigenvalue weighted by atomic mass is 10.2. The smallest absolute Gasteiger partial charge is 0.329 e. The van der Waals surface area contributed by atoms with Crippen LogP contribution < -0.4 is 25.5 Å². The molecule has 3 N–H and O–H groups in total. The van der Waals surface area contributed by atoms with Gasteiger partial charge in [0.2, 0.25) is 0 Å². The number of ether oxygens (including phenoxy) is 2. The summed E-state index contributed by atoms with van der Waals surface area (Å²) in [6.45, 7) is 5.65. The van der Waals surface area contributed by atoms with Crippen LogP contribution in [-0.2, 0) is 14.4 Å². The van der Waals surface area contributed by atoms with Crippen molar-refractivity contribution in [1.29, 1.82) is 0 Å². The average molecular weight is 475 g/mol. The van der Waals surface area contributed by atoms with Crippen LogP contribution in [0, 0.1) is 0 Å². The summed E-state index contributed by atoms with van der Waals surface area (Å²) in [5, 5.41) is 9.56. The number of benzene rings is 2. The largest absolute Gasteiger partial charge is 0.490 e. The molecule has 0 saturated heterocycles. The molecule has 0 bridgehead atoms. The molecule has 0 spiro atoms. The summed E-state index contributed by atoms with van der Waals surface area (Å²) in [5.41, 5.74) is 3.33. The summed E-state index contributed by atoms with van der Waals surface area (Å²) in [6, 6.07) is 11.6. The molecule has 0 radical (unpaired) electrons. The van der Waals surface area contributed by atoms with Crippen molar-refractivity contribution in [3.05, 3.63) is 53.1 Å². The number of rotatable bonds is 10. The minimum Gasteiger partial charge on any atom is -0.490 e. The van der Waals surface area contributed by atoms with Crippen LogP contribution in [0.1, 0.15) is 32.8 Å². The molecule has 10 heteroatoms. The maximum atomic E-state index is 12.2. The SMILES string of the molecule is CCOc1cc(/C=N\NC(=O)C(=O)N[C@H](C)CC)ccc1OCC(=O)Nc1cccc(Cl)c1. The number of hydrogen-bond donors (Lipinski definition) is 3. The highest BCUT2D eigenvalue weighted by Gasteiger charge is 2.14. The Hall–Kier alpha value is -3.59. The van der Waals surface area contributed by atoms with E-state index in [0.29, 0.717) is 40.8 Å². The number of amides is 3. The van der Waals surface area contributed by atoms with Crippen LogP contribution in [0.4, 0.5) is 5.69 Å². The first-order valence-corrected chi connectivity index (χ1v) is 10.8. The van der Waals surface area contributed by atoms with E-state index in [2.05, 4.69) is 21.2 Å². The van der Waals surface area contributed by atoms with E-state index in [1.165, 1.54) is 6.21 Å². The predicted octanol–water partition coefficient (Wildman–Crippen LogP) is 3.12. The third-order valence-corrected chi connectivity index (χ3v) is 4.55. The molecule has 0 aliphatic rings. The summed E-state index contributed by atoms with van der Waals surface area (Å²) in [7, 11) is 0. The molecule has 176 valence electrons. The lowest BCUT2D eigenvalue weighted by Gasteiger charge is -2.13. The Kier molecular flexibility index (Phi) is 10.2. The zero-order valence-corrected chi connectivity index (χ0v) is 19.4. The van der Waals surface area contributed by atoms with Gasteiger partial charge in [0, 0.05) is 16.8 Å². The van der Waals surface area contributed by atoms with Crippen LogP contribution in [0.3, 0.4) is 0 Å². The fourth-order valence-corrected chi connectivity index (χ4v) is 2.70. The Morgan fingerprint density at radius 2 is 1.85 bits per heavy atom. The quantitative estimate of drug-likeness (QED) is 0.278. The van der Waals surface area contributed by atoms with E-state index in [1.807, 2.05) is 13.8 Å². The van der Waals surface area contributed by atoms with Crippen molar-refractivity contribution >= 4 is 41.2 Å². The fraction of sp³-hybridized carbons (Fsp3) is 0.304. The maximum absolute atomic E-state index is 12.2. The van der Waals surface area contributed by atoms with Gasteiger partial charge in [0.25, 0.3) is 5.91 Å². The number of carbonyl (C=O) groups excluding carboxylic acids is 3. The van der Waals surface area contributed by atoms with Crippen molar-refractivity contribution in [2.75, 3.05) is 18.5 Å². The van der Waals surface area contributed by atoms with Gasteiger partial charge in [0.1, 0.15) is 0 Å². The number of nitrogens with one attached hydrogen (secondary N) is 3. The van der Waals surface area contributed by atoms with Gasteiger partial charge in [0.15, 0.2) is 18.1 Å². The van der Waals surface area contributed by atoms with E-state index in [9.17, 15) is 14.4 Å². The topological polar surface area (TPSA) is 118 Å². The minimum absolute atomic E-state index is 0.110.